The summed E-state index contributed by atoms with van der Waals surface area (Å²) in [6.45, 7) is 25.1. The molecule has 0 atom stereocenters. The van der Waals surface area contributed by atoms with Gasteiger partial charge < -0.3 is 9.55 Å². The Hall–Kier alpha value is -5.11. The van der Waals surface area contributed by atoms with Crippen molar-refractivity contribution < 1.29 is 20.1 Å². The predicted octanol–water partition coefficient (Wildman–Crippen LogP) is 14.5. The van der Waals surface area contributed by atoms with Gasteiger partial charge in [0.25, 0.3) is 0 Å². The molecule has 0 unspecified atom stereocenters. The second kappa shape index (κ2) is 18.9. The van der Waals surface area contributed by atoms with Crippen LogP contribution < -0.4 is 5.19 Å². The zero-order valence-corrected chi connectivity index (χ0v) is 42.6. The first-order valence-electron chi connectivity index (χ1n) is 21.9. The van der Waals surface area contributed by atoms with Gasteiger partial charge in [-0.05, 0) is 98.8 Å². The molecule has 323 valence electrons. The monoisotopic (exact) mass is 1040 g/mol. The normalized spacial score (nSPS) is 11.8. The molecule has 4 aromatic carbocycles. The Morgan fingerprint density at radius 2 is 1.46 bits per heavy atom. The van der Waals surface area contributed by atoms with Crippen molar-refractivity contribution in [2.75, 3.05) is 0 Å². The van der Waals surface area contributed by atoms with E-state index in [1.807, 2.05) is 36.8 Å². The number of nitrogens with zero attached hydrogens (tertiary/aromatic N) is 5. The van der Waals surface area contributed by atoms with Crippen LogP contribution in [0.3, 0.4) is 0 Å². The van der Waals surface area contributed by atoms with Gasteiger partial charge in [-0.3, -0.25) is 9.97 Å². The number of hydrogen-bond donors (Lipinski definition) is 0. The molecule has 0 aliphatic heterocycles. The molecule has 5 aromatic heterocycles. The average molecular weight is 1040 g/mol. The number of hydrogen-bond acceptors (Lipinski definition) is 5. The van der Waals surface area contributed by atoms with Crippen LogP contribution >= 0.6 is 11.3 Å². The van der Waals surface area contributed by atoms with Gasteiger partial charge in [0.2, 0.25) is 0 Å². The standard InChI is InChI=1S/C36H31N4S.C19H26NSi.Ir/c1-21(2)28-17-25(24-10-7-6-8-11-24)18-29(22(3)4)33(28)40-32-20-37-15-14-31(32)39-35(40)27-13-9-12-26-30-16-23(5)19-38-36(30)41-34(26)27;1-14(2)11-17-12-18(16-9-7-15(3)8-10-16)20-13-19(17)21(4,5)6;/h6-12,14-22H,1-5H3;7-9,12-14H,11H2,1-6H3;/q2*-1;. The van der Waals surface area contributed by atoms with E-state index in [0.29, 0.717) is 17.8 Å². The minimum Gasteiger partial charge on any atom is -0.331 e. The van der Waals surface area contributed by atoms with Crippen molar-refractivity contribution in [3.63, 3.8) is 0 Å². The Morgan fingerprint density at radius 3 is 2.11 bits per heavy atom. The van der Waals surface area contributed by atoms with E-state index in [1.54, 1.807) is 11.3 Å². The fourth-order valence-electron chi connectivity index (χ4n) is 8.42. The topological polar surface area (TPSA) is 56.5 Å². The SMILES string of the molecule is Cc1c[c-]c(-c2cc(CC(C)C)c([Si](C)(C)C)cn2)cc1.Cc1cnc2sc3c(-c4nc5ccncc5n4-c4c(C(C)C)cc(-c5ccccc5)cc4C(C)C)[c-]ccc3c2c1.[Ir]. The van der Waals surface area contributed by atoms with Gasteiger partial charge in [0.15, 0.2) is 0 Å². The van der Waals surface area contributed by atoms with Gasteiger partial charge >= 0.3 is 0 Å². The van der Waals surface area contributed by atoms with E-state index < -0.39 is 8.07 Å². The molecule has 0 amide bonds. The van der Waals surface area contributed by atoms with Crippen molar-refractivity contribution >= 4 is 55.9 Å². The first-order valence-corrected chi connectivity index (χ1v) is 26.2. The van der Waals surface area contributed by atoms with Crippen LogP contribution in [0.15, 0.2) is 116 Å². The first-order chi connectivity index (χ1) is 29.7. The maximum absolute atomic E-state index is 5.26. The van der Waals surface area contributed by atoms with E-state index in [-0.39, 0.29) is 20.1 Å². The number of fused-ring (bicyclic) bond motifs is 4. The maximum atomic E-state index is 5.26. The van der Waals surface area contributed by atoms with Crippen LogP contribution in [-0.4, -0.2) is 32.6 Å². The van der Waals surface area contributed by atoms with E-state index in [4.69, 9.17) is 15.0 Å². The van der Waals surface area contributed by atoms with Crippen LogP contribution in [0, 0.1) is 31.9 Å². The third-order valence-electron chi connectivity index (χ3n) is 11.5. The summed E-state index contributed by atoms with van der Waals surface area (Å²) < 4.78 is 3.50. The summed E-state index contributed by atoms with van der Waals surface area (Å²) in [4.78, 5) is 20.3. The van der Waals surface area contributed by atoms with E-state index >= 15 is 0 Å². The number of pyridine rings is 3. The molecule has 5 heterocycles. The van der Waals surface area contributed by atoms with Crippen LogP contribution in [0.4, 0.5) is 0 Å². The number of aryl methyl sites for hydroxylation is 2. The van der Waals surface area contributed by atoms with Gasteiger partial charge in [-0.1, -0.05) is 121 Å². The van der Waals surface area contributed by atoms with Gasteiger partial charge in [-0.2, -0.15) is 11.3 Å². The molecule has 9 rings (SSSR count). The van der Waals surface area contributed by atoms with Crippen molar-refractivity contribution in [2.24, 2.45) is 5.92 Å². The van der Waals surface area contributed by atoms with Gasteiger partial charge in [-0.25, -0.2) is 4.98 Å². The molecule has 0 N–H and O–H groups in total. The molecule has 63 heavy (non-hydrogen) atoms. The van der Waals surface area contributed by atoms with Crippen molar-refractivity contribution in [1.82, 2.24) is 24.5 Å². The minimum atomic E-state index is -1.35. The fourth-order valence-corrected chi connectivity index (χ4v) is 11.1. The molecule has 0 bridgehead atoms. The molecule has 0 aliphatic carbocycles. The molecule has 0 aliphatic rings. The van der Waals surface area contributed by atoms with Gasteiger partial charge in [-0.15, -0.1) is 53.6 Å². The maximum Gasteiger partial charge on any atom is 0.113 e. The van der Waals surface area contributed by atoms with Crippen LogP contribution in [0.2, 0.25) is 19.6 Å². The molecule has 9 aromatic rings. The molecular formula is C55H57IrN5SSi-2. The number of imidazole rings is 1. The molecule has 0 spiro atoms. The third-order valence-corrected chi connectivity index (χ3v) is 14.7. The predicted molar refractivity (Wildman–Crippen MR) is 267 cm³/mol. The summed E-state index contributed by atoms with van der Waals surface area (Å²) in [6, 6.07) is 39.3. The number of thiophene rings is 1. The summed E-state index contributed by atoms with van der Waals surface area (Å²) in [7, 11) is -1.35. The first kappa shape index (κ1) is 45.9. The van der Waals surface area contributed by atoms with Crippen molar-refractivity contribution in [2.45, 2.75) is 93.3 Å². The van der Waals surface area contributed by atoms with Gasteiger partial charge in [0, 0.05) is 49.8 Å². The van der Waals surface area contributed by atoms with Gasteiger partial charge in [0.1, 0.15) is 4.83 Å². The van der Waals surface area contributed by atoms with Crippen molar-refractivity contribution in [3.05, 3.63) is 156 Å². The molecule has 0 saturated heterocycles. The Kier molecular flexibility index (Phi) is 13.8. The van der Waals surface area contributed by atoms with E-state index in [1.165, 1.54) is 55.0 Å². The van der Waals surface area contributed by atoms with Crippen LogP contribution in [-0.2, 0) is 26.5 Å². The number of benzene rings is 4. The van der Waals surface area contributed by atoms with Crippen molar-refractivity contribution in [3.8, 4) is 39.5 Å². The zero-order valence-electron chi connectivity index (χ0n) is 38.4. The van der Waals surface area contributed by atoms with Crippen LogP contribution in [0.1, 0.15) is 81.2 Å². The average Bonchev–Trinajstić information content (AvgIpc) is 3.81. The molecule has 0 fully saturated rings. The van der Waals surface area contributed by atoms with E-state index in [9.17, 15) is 0 Å². The Bertz CT molecular complexity index is 3000. The summed E-state index contributed by atoms with van der Waals surface area (Å²) in [6.07, 6.45) is 8.96. The van der Waals surface area contributed by atoms with Crippen LogP contribution in [0.5, 0.6) is 0 Å². The summed E-state index contributed by atoms with van der Waals surface area (Å²) >= 11 is 1.72. The van der Waals surface area contributed by atoms with E-state index in [0.717, 1.165) is 55.2 Å². The van der Waals surface area contributed by atoms with Crippen LogP contribution in [0.25, 0.3) is 70.8 Å². The number of rotatable bonds is 9. The molecule has 1 radical (unpaired) electrons. The quantitative estimate of drug-likeness (QED) is 0.107. The molecule has 5 nitrogen and oxygen atoms in total. The smallest absolute Gasteiger partial charge is 0.113 e. The second-order valence-electron chi connectivity index (χ2n) is 18.7. The Balaban J connectivity index is 0.000000229. The fraction of sp³-hybridized carbons (Fsp3) is 0.273. The second-order valence-corrected chi connectivity index (χ2v) is 24.8. The summed E-state index contributed by atoms with van der Waals surface area (Å²) in [5.41, 5.74) is 15.2. The molecular weight excluding hydrogens is 983 g/mol. The summed E-state index contributed by atoms with van der Waals surface area (Å²) in [5.74, 6) is 2.14. The third kappa shape index (κ3) is 9.56. The Morgan fingerprint density at radius 1 is 0.730 bits per heavy atom. The van der Waals surface area contributed by atoms with Gasteiger partial charge in [0.05, 0.1) is 31.1 Å². The van der Waals surface area contributed by atoms with E-state index in [2.05, 4.69) is 176 Å². The van der Waals surface area contributed by atoms with Crippen molar-refractivity contribution in [1.29, 1.82) is 0 Å². The zero-order chi connectivity index (χ0) is 43.9. The Labute approximate surface area is 392 Å². The molecule has 0 saturated carbocycles. The molecule has 8 heteroatoms. The summed E-state index contributed by atoms with van der Waals surface area (Å²) in [5, 5.41) is 3.87. The number of aromatic nitrogens is 5. The minimum absolute atomic E-state index is 0. The largest absolute Gasteiger partial charge is 0.331 e.